The Morgan fingerprint density at radius 1 is 1.06 bits per heavy atom. The van der Waals surface area contributed by atoms with E-state index in [2.05, 4.69) is 5.10 Å². The van der Waals surface area contributed by atoms with Crippen molar-refractivity contribution < 1.29 is 23.8 Å². The van der Waals surface area contributed by atoms with E-state index in [0.29, 0.717) is 43.4 Å². The van der Waals surface area contributed by atoms with E-state index in [9.17, 15) is 9.59 Å². The molecule has 8 nitrogen and oxygen atoms in total. The molecule has 0 spiro atoms. The summed E-state index contributed by atoms with van der Waals surface area (Å²) >= 11 is 0. The normalized spacial score (nSPS) is 12.3. The van der Waals surface area contributed by atoms with Gasteiger partial charge in [0.15, 0.2) is 18.1 Å². The van der Waals surface area contributed by atoms with Crippen molar-refractivity contribution in [1.29, 1.82) is 0 Å². The summed E-state index contributed by atoms with van der Waals surface area (Å²) in [5.74, 6) is 0.547. The molecule has 3 aromatic rings. The minimum Gasteiger partial charge on any atom is -0.486 e. The zero-order valence-electron chi connectivity index (χ0n) is 17.2. The first-order valence-corrected chi connectivity index (χ1v) is 9.94. The topological polar surface area (TPSA) is 82.9 Å². The van der Waals surface area contributed by atoms with Crippen molar-refractivity contribution in [3.05, 3.63) is 77.6 Å². The second-order valence-electron chi connectivity index (χ2n) is 7.20. The minimum atomic E-state index is -0.535. The summed E-state index contributed by atoms with van der Waals surface area (Å²) in [5, 5.41) is 4.16. The predicted octanol–water partition coefficient (Wildman–Crippen LogP) is 2.52. The smallest absolute Gasteiger partial charge is 0.338 e. The molecule has 1 aliphatic rings. The number of esters is 1. The van der Waals surface area contributed by atoms with Crippen molar-refractivity contribution in [2.45, 2.75) is 13.1 Å². The van der Waals surface area contributed by atoms with Crippen LogP contribution in [0.4, 0.5) is 0 Å². The highest BCUT2D eigenvalue weighted by Gasteiger charge is 2.16. The summed E-state index contributed by atoms with van der Waals surface area (Å²) in [6, 6.07) is 14.5. The Bertz CT molecular complexity index is 1050. The lowest BCUT2D eigenvalue weighted by molar-refractivity contribution is -0.133. The van der Waals surface area contributed by atoms with Crippen LogP contribution in [-0.2, 0) is 22.6 Å². The van der Waals surface area contributed by atoms with Gasteiger partial charge in [-0.1, -0.05) is 18.2 Å². The highest BCUT2D eigenvalue weighted by molar-refractivity contribution is 5.91. The predicted molar refractivity (Wildman–Crippen MR) is 112 cm³/mol. The number of ether oxygens (including phenoxy) is 3. The van der Waals surface area contributed by atoms with Crippen LogP contribution in [-0.4, -0.2) is 53.4 Å². The molecule has 0 unspecified atom stereocenters. The van der Waals surface area contributed by atoms with Gasteiger partial charge in [-0.15, -0.1) is 0 Å². The summed E-state index contributed by atoms with van der Waals surface area (Å²) in [6.07, 6.45) is 3.59. The molecule has 0 saturated heterocycles. The van der Waals surface area contributed by atoms with Crippen molar-refractivity contribution in [3.8, 4) is 11.5 Å². The third-order valence-electron chi connectivity index (χ3n) is 4.87. The van der Waals surface area contributed by atoms with Crippen molar-refractivity contribution >= 4 is 11.9 Å². The average Bonchev–Trinajstić information content (AvgIpc) is 3.30. The van der Waals surface area contributed by atoms with Crippen LogP contribution >= 0.6 is 0 Å². The fourth-order valence-electron chi connectivity index (χ4n) is 3.20. The molecule has 0 saturated carbocycles. The molecule has 2 heterocycles. The van der Waals surface area contributed by atoms with Gasteiger partial charge in [0.05, 0.1) is 12.1 Å². The zero-order valence-corrected chi connectivity index (χ0v) is 17.2. The maximum atomic E-state index is 12.4. The molecular weight excluding hydrogens is 398 g/mol. The van der Waals surface area contributed by atoms with E-state index in [0.717, 1.165) is 11.1 Å². The lowest BCUT2D eigenvalue weighted by atomic mass is 10.1. The van der Waals surface area contributed by atoms with E-state index in [1.54, 1.807) is 30.1 Å². The number of aromatic nitrogens is 2. The SMILES string of the molecule is CN(Cc1ccc2c(c1)OCCO2)C(=O)COC(=O)c1ccc(Cn2cccn2)cc1. The van der Waals surface area contributed by atoms with Gasteiger partial charge in [-0.25, -0.2) is 4.79 Å². The molecule has 4 rings (SSSR count). The number of rotatable bonds is 7. The number of hydrogen-bond acceptors (Lipinski definition) is 6. The molecule has 0 aliphatic carbocycles. The Hall–Kier alpha value is -3.81. The average molecular weight is 421 g/mol. The van der Waals surface area contributed by atoms with E-state index in [-0.39, 0.29) is 12.5 Å². The Balaban J connectivity index is 1.27. The number of likely N-dealkylation sites (N-methyl/N-ethyl adjacent to an activating group) is 1. The third kappa shape index (κ3) is 5.22. The number of hydrogen-bond donors (Lipinski definition) is 0. The van der Waals surface area contributed by atoms with Crippen molar-refractivity contribution in [1.82, 2.24) is 14.7 Å². The fraction of sp³-hybridized carbons (Fsp3) is 0.261. The van der Waals surface area contributed by atoms with Crippen molar-refractivity contribution in [2.75, 3.05) is 26.9 Å². The van der Waals surface area contributed by atoms with Gasteiger partial charge in [-0.2, -0.15) is 5.10 Å². The minimum absolute atomic E-state index is 0.293. The molecule has 1 aromatic heterocycles. The van der Waals surface area contributed by atoms with E-state index in [1.165, 1.54) is 4.90 Å². The number of amides is 1. The Labute approximate surface area is 179 Å². The monoisotopic (exact) mass is 421 g/mol. The summed E-state index contributed by atoms with van der Waals surface area (Å²) in [6.45, 7) is 1.70. The molecule has 0 radical (unpaired) electrons. The number of nitrogens with zero attached hydrogens (tertiary/aromatic N) is 3. The van der Waals surface area contributed by atoms with Gasteiger partial charge in [-0.05, 0) is 41.5 Å². The first kappa shape index (κ1) is 20.5. The van der Waals surface area contributed by atoms with E-state index < -0.39 is 5.97 Å². The zero-order chi connectivity index (χ0) is 21.6. The second-order valence-corrected chi connectivity index (χ2v) is 7.20. The van der Waals surface area contributed by atoms with Crippen LogP contribution in [0.5, 0.6) is 11.5 Å². The standard InChI is InChI=1S/C23H23N3O5/c1-25(14-18-5-8-20-21(13-18)30-12-11-29-20)22(27)16-31-23(28)19-6-3-17(4-7-19)15-26-10-2-9-24-26/h2-10,13H,11-12,14-16H2,1H3. The molecule has 1 aliphatic heterocycles. The van der Waals surface area contributed by atoms with Gasteiger partial charge in [0, 0.05) is 26.0 Å². The summed E-state index contributed by atoms with van der Waals surface area (Å²) in [4.78, 5) is 26.2. The third-order valence-corrected chi connectivity index (χ3v) is 4.87. The van der Waals surface area contributed by atoms with Gasteiger partial charge < -0.3 is 19.1 Å². The van der Waals surface area contributed by atoms with Gasteiger partial charge in [0.2, 0.25) is 0 Å². The molecule has 31 heavy (non-hydrogen) atoms. The molecule has 2 aromatic carbocycles. The quantitative estimate of drug-likeness (QED) is 0.545. The molecular formula is C23H23N3O5. The van der Waals surface area contributed by atoms with E-state index in [1.807, 2.05) is 42.6 Å². The first-order valence-electron chi connectivity index (χ1n) is 9.94. The molecule has 160 valence electrons. The van der Waals surface area contributed by atoms with Gasteiger partial charge in [0.1, 0.15) is 13.2 Å². The van der Waals surface area contributed by atoms with Crippen molar-refractivity contribution in [3.63, 3.8) is 0 Å². The molecule has 0 bridgehead atoms. The highest BCUT2D eigenvalue weighted by Crippen LogP contribution is 2.31. The van der Waals surface area contributed by atoms with E-state index >= 15 is 0 Å². The van der Waals surface area contributed by atoms with Crippen LogP contribution in [0.15, 0.2) is 60.9 Å². The summed E-state index contributed by atoms with van der Waals surface area (Å²) in [5.41, 5.74) is 2.31. The Kier molecular flexibility index (Phi) is 6.16. The van der Waals surface area contributed by atoms with Crippen LogP contribution in [0.2, 0.25) is 0 Å². The number of fused-ring (bicyclic) bond motifs is 1. The lowest BCUT2D eigenvalue weighted by Crippen LogP contribution is -2.30. The van der Waals surface area contributed by atoms with Gasteiger partial charge >= 0.3 is 5.97 Å². The van der Waals surface area contributed by atoms with Crippen LogP contribution < -0.4 is 9.47 Å². The van der Waals surface area contributed by atoms with Crippen molar-refractivity contribution in [2.24, 2.45) is 0 Å². The lowest BCUT2D eigenvalue weighted by Gasteiger charge is -2.21. The van der Waals surface area contributed by atoms with Crippen LogP contribution in [0.3, 0.4) is 0 Å². The maximum Gasteiger partial charge on any atom is 0.338 e. The fourth-order valence-corrected chi connectivity index (χ4v) is 3.20. The second kappa shape index (κ2) is 9.34. The number of benzene rings is 2. The Morgan fingerprint density at radius 3 is 2.55 bits per heavy atom. The summed E-state index contributed by atoms with van der Waals surface area (Å²) < 4.78 is 18.1. The van der Waals surface area contributed by atoms with Gasteiger partial charge in [0.25, 0.3) is 5.91 Å². The maximum absolute atomic E-state index is 12.4. The molecule has 0 fully saturated rings. The van der Waals surface area contributed by atoms with E-state index in [4.69, 9.17) is 14.2 Å². The van der Waals surface area contributed by atoms with Crippen LogP contribution in [0.1, 0.15) is 21.5 Å². The number of carbonyl (C=O) groups excluding carboxylic acids is 2. The number of carbonyl (C=O) groups is 2. The Morgan fingerprint density at radius 2 is 1.81 bits per heavy atom. The van der Waals surface area contributed by atoms with Gasteiger partial charge in [-0.3, -0.25) is 9.48 Å². The largest absolute Gasteiger partial charge is 0.486 e. The first-order chi connectivity index (χ1) is 15.1. The highest BCUT2D eigenvalue weighted by atomic mass is 16.6. The molecule has 8 heteroatoms. The summed E-state index contributed by atoms with van der Waals surface area (Å²) in [7, 11) is 1.66. The van der Waals surface area contributed by atoms with Crippen LogP contribution in [0.25, 0.3) is 0 Å². The molecule has 0 N–H and O–H groups in total. The molecule has 0 atom stereocenters. The van der Waals surface area contributed by atoms with Crippen LogP contribution in [0, 0.1) is 0 Å². The molecule has 1 amide bonds.